The second-order valence-corrected chi connectivity index (χ2v) is 5.34. The Morgan fingerprint density at radius 1 is 1.05 bits per heavy atom. The Labute approximate surface area is 114 Å². The first-order chi connectivity index (χ1) is 8.91. The molecule has 0 bridgehead atoms. The molecule has 0 atom stereocenters. The molecular formula is C15H22O4. The number of ether oxygens (including phenoxy) is 2. The maximum atomic E-state index is 11.4. The second kappa shape index (κ2) is 7.02. The van der Waals surface area contributed by atoms with Gasteiger partial charge in [-0.2, -0.15) is 0 Å². The van der Waals surface area contributed by atoms with Crippen LogP contribution in [0, 0.1) is 11.8 Å². The fourth-order valence-corrected chi connectivity index (χ4v) is 1.48. The topological polar surface area (TPSA) is 55.8 Å². The predicted molar refractivity (Wildman–Crippen MR) is 74.1 cm³/mol. The van der Waals surface area contributed by atoms with Crippen LogP contribution in [0.4, 0.5) is 0 Å². The van der Waals surface area contributed by atoms with Crippen molar-refractivity contribution >= 4 is 5.97 Å². The fourth-order valence-electron chi connectivity index (χ4n) is 1.48. The van der Waals surface area contributed by atoms with Crippen molar-refractivity contribution < 1.29 is 19.4 Å². The summed E-state index contributed by atoms with van der Waals surface area (Å²) >= 11 is 0. The van der Waals surface area contributed by atoms with Crippen molar-refractivity contribution in [3.05, 3.63) is 23.8 Å². The van der Waals surface area contributed by atoms with Crippen LogP contribution in [0.2, 0.25) is 0 Å². The van der Waals surface area contributed by atoms with Crippen molar-refractivity contribution in [2.24, 2.45) is 11.8 Å². The summed E-state index contributed by atoms with van der Waals surface area (Å²) in [5.41, 5.74) is 0.101. The second-order valence-electron chi connectivity index (χ2n) is 5.34. The molecule has 0 spiro atoms. The number of benzene rings is 1. The molecule has 4 heteroatoms. The van der Waals surface area contributed by atoms with Gasteiger partial charge in [-0.15, -0.1) is 0 Å². The van der Waals surface area contributed by atoms with E-state index in [4.69, 9.17) is 9.47 Å². The van der Waals surface area contributed by atoms with Crippen LogP contribution in [0.25, 0.3) is 0 Å². The van der Waals surface area contributed by atoms with E-state index >= 15 is 0 Å². The normalized spacial score (nSPS) is 10.8. The molecule has 19 heavy (non-hydrogen) atoms. The van der Waals surface area contributed by atoms with E-state index < -0.39 is 5.97 Å². The molecular weight excluding hydrogens is 244 g/mol. The lowest BCUT2D eigenvalue weighted by Gasteiger charge is -2.15. The molecule has 4 nitrogen and oxygen atoms in total. The summed E-state index contributed by atoms with van der Waals surface area (Å²) in [5, 5.41) is 9.32. The van der Waals surface area contributed by atoms with Gasteiger partial charge in [0.05, 0.1) is 13.2 Å². The summed E-state index contributed by atoms with van der Waals surface area (Å²) in [6, 6.07) is 5.07. The maximum absolute atomic E-state index is 11.4. The average Bonchev–Trinajstić information content (AvgIpc) is 2.33. The molecule has 0 heterocycles. The number of carbonyl (C=O) groups is 1. The highest BCUT2D eigenvalue weighted by Crippen LogP contribution is 2.29. The van der Waals surface area contributed by atoms with Gasteiger partial charge in [0.15, 0.2) is 0 Å². The van der Waals surface area contributed by atoms with Gasteiger partial charge >= 0.3 is 5.97 Å². The zero-order valence-corrected chi connectivity index (χ0v) is 12.0. The molecule has 106 valence electrons. The summed E-state index contributed by atoms with van der Waals surface area (Å²) in [6.45, 7) is 9.01. The van der Waals surface area contributed by atoms with Gasteiger partial charge in [0.1, 0.15) is 17.1 Å². The monoisotopic (exact) mass is 266 g/mol. The molecule has 0 amide bonds. The van der Waals surface area contributed by atoms with Gasteiger partial charge in [-0.05, 0) is 24.0 Å². The highest BCUT2D eigenvalue weighted by atomic mass is 16.5. The minimum Gasteiger partial charge on any atom is -0.492 e. The van der Waals surface area contributed by atoms with Crippen LogP contribution < -0.4 is 9.47 Å². The van der Waals surface area contributed by atoms with Crippen molar-refractivity contribution in [1.29, 1.82) is 0 Å². The molecule has 1 aromatic rings. The number of rotatable bonds is 7. The van der Waals surface area contributed by atoms with E-state index in [2.05, 4.69) is 0 Å². The fraction of sp³-hybridized carbons (Fsp3) is 0.533. The van der Waals surface area contributed by atoms with Crippen LogP contribution >= 0.6 is 0 Å². The standard InChI is InChI=1S/C15H22O4/c1-10(2)8-18-12-6-5-7-13(14(12)15(16)17)19-9-11(3)4/h5-7,10-11H,8-9H2,1-4H3,(H,16,17). The van der Waals surface area contributed by atoms with Crippen molar-refractivity contribution in [3.63, 3.8) is 0 Å². The van der Waals surface area contributed by atoms with Crippen molar-refractivity contribution in [2.75, 3.05) is 13.2 Å². The molecule has 0 aliphatic heterocycles. The number of hydrogen-bond donors (Lipinski definition) is 1. The molecule has 1 N–H and O–H groups in total. The van der Waals surface area contributed by atoms with Crippen LogP contribution in [-0.2, 0) is 0 Å². The van der Waals surface area contributed by atoms with Gasteiger partial charge in [0, 0.05) is 0 Å². The molecule has 0 fully saturated rings. The highest BCUT2D eigenvalue weighted by Gasteiger charge is 2.18. The molecule has 0 aliphatic carbocycles. The first-order valence-corrected chi connectivity index (χ1v) is 6.53. The van der Waals surface area contributed by atoms with Gasteiger partial charge in [-0.25, -0.2) is 4.79 Å². The molecule has 0 saturated carbocycles. The van der Waals surface area contributed by atoms with Crippen molar-refractivity contribution in [1.82, 2.24) is 0 Å². The predicted octanol–water partition coefficient (Wildman–Crippen LogP) is 3.45. The molecule has 1 rings (SSSR count). The van der Waals surface area contributed by atoms with Crippen LogP contribution in [0.5, 0.6) is 11.5 Å². The van der Waals surface area contributed by atoms with Gasteiger partial charge < -0.3 is 14.6 Å². The van der Waals surface area contributed by atoms with Crippen molar-refractivity contribution in [3.8, 4) is 11.5 Å². The van der Waals surface area contributed by atoms with Crippen LogP contribution in [-0.4, -0.2) is 24.3 Å². The maximum Gasteiger partial charge on any atom is 0.343 e. The molecule has 1 aromatic carbocycles. The minimum absolute atomic E-state index is 0.101. The van der Waals surface area contributed by atoms with E-state index in [0.29, 0.717) is 36.5 Å². The lowest BCUT2D eigenvalue weighted by molar-refractivity contribution is 0.0685. The number of hydrogen-bond acceptors (Lipinski definition) is 3. The highest BCUT2D eigenvalue weighted by molar-refractivity contribution is 5.94. The Hall–Kier alpha value is -1.71. The average molecular weight is 266 g/mol. The number of carboxylic acids is 1. The third-order valence-electron chi connectivity index (χ3n) is 2.35. The van der Waals surface area contributed by atoms with Gasteiger partial charge in [-0.1, -0.05) is 33.8 Å². The Balaban J connectivity index is 2.97. The van der Waals surface area contributed by atoms with E-state index in [1.54, 1.807) is 18.2 Å². The summed E-state index contributed by atoms with van der Waals surface area (Å²) in [7, 11) is 0. The molecule has 0 aliphatic rings. The summed E-state index contributed by atoms with van der Waals surface area (Å²) < 4.78 is 11.1. The van der Waals surface area contributed by atoms with Crippen molar-refractivity contribution in [2.45, 2.75) is 27.7 Å². The Bertz CT molecular complexity index is 394. The van der Waals surface area contributed by atoms with E-state index in [9.17, 15) is 9.90 Å². The van der Waals surface area contributed by atoms with Crippen LogP contribution in [0.3, 0.4) is 0 Å². The lowest BCUT2D eigenvalue weighted by Crippen LogP contribution is -2.12. The zero-order valence-electron chi connectivity index (χ0n) is 12.0. The number of aromatic carboxylic acids is 1. The smallest absolute Gasteiger partial charge is 0.343 e. The third kappa shape index (κ3) is 4.81. The van der Waals surface area contributed by atoms with E-state index in [-0.39, 0.29) is 5.56 Å². The van der Waals surface area contributed by atoms with Gasteiger partial charge in [-0.3, -0.25) is 0 Å². The third-order valence-corrected chi connectivity index (χ3v) is 2.35. The van der Waals surface area contributed by atoms with Gasteiger partial charge in [0.25, 0.3) is 0 Å². The SMILES string of the molecule is CC(C)COc1cccc(OCC(C)C)c1C(=O)O. The lowest BCUT2D eigenvalue weighted by atomic mass is 10.1. The molecule has 0 aromatic heterocycles. The van der Waals surface area contributed by atoms with E-state index in [1.807, 2.05) is 27.7 Å². The minimum atomic E-state index is -1.03. The van der Waals surface area contributed by atoms with Gasteiger partial charge in [0.2, 0.25) is 0 Å². The molecule has 0 unspecified atom stereocenters. The van der Waals surface area contributed by atoms with Crippen LogP contribution in [0.1, 0.15) is 38.1 Å². The first-order valence-electron chi connectivity index (χ1n) is 6.53. The Morgan fingerprint density at radius 2 is 1.47 bits per heavy atom. The zero-order chi connectivity index (χ0) is 14.4. The quantitative estimate of drug-likeness (QED) is 0.821. The Kier molecular flexibility index (Phi) is 5.67. The van der Waals surface area contributed by atoms with E-state index in [1.165, 1.54) is 0 Å². The first kappa shape index (κ1) is 15.3. The van der Waals surface area contributed by atoms with Crippen LogP contribution in [0.15, 0.2) is 18.2 Å². The summed E-state index contributed by atoms with van der Waals surface area (Å²) in [4.78, 5) is 11.4. The number of carboxylic acid groups (broad SMARTS) is 1. The van der Waals surface area contributed by atoms with E-state index in [0.717, 1.165) is 0 Å². The summed E-state index contributed by atoms with van der Waals surface area (Å²) in [6.07, 6.45) is 0. The Morgan fingerprint density at radius 3 is 1.79 bits per heavy atom. The largest absolute Gasteiger partial charge is 0.492 e. The molecule has 0 saturated heterocycles. The molecule has 0 radical (unpaired) electrons. The summed E-state index contributed by atoms with van der Waals surface area (Å²) in [5.74, 6) is 0.367.